The van der Waals surface area contributed by atoms with Crippen LogP contribution in [-0.4, -0.2) is 118 Å². The molecule has 1 atom stereocenters. The summed E-state index contributed by atoms with van der Waals surface area (Å²) in [6, 6.07) is 0. The van der Waals surface area contributed by atoms with E-state index in [9.17, 15) is 0 Å². The Morgan fingerprint density at radius 1 is 0.486 bits per heavy atom. The van der Waals surface area contributed by atoms with E-state index in [0.717, 1.165) is 44.8 Å². The van der Waals surface area contributed by atoms with Gasteiger partial charge in [-0.3, -0.25) is 0 Å². The van der Waals surface area contributed by atoms with Crippen LogP contribution in [0.25, 0.3) is 0 Å². The van der Waals surface area contributed by atoms with Crippen molar-refractivity contribution >= 4 is 11.6 Å². The number of hydrogen-bond acceptors (Lipinski definition) is 9. The quantitative estimate of drug-likeness (QED) is 0.112. The summed E-state index contributed by atoms with van der Waals surface area (Å²) >= 11 is 5.64. The van der Waals surface area contributed by atoms with Crippen molar-refractivity contribution in [1.29, 1.82) is 0 Å². The van der Waals surface area contributed by atoms with E-state index in [1.807, 2.05) is 0 Å². The molecule has 210 valence electrons. The fourth-order valence-corrected chi connectivity index (χ4v) is 3.34. The van der Waals surface area contributed by atoms with Crippen LogP contribution in [0.5, 0.6) is 0 Å². The van der Waals surface area contributed by atoms with Crippen LogP contribution in [0, 0.1) is 0 Å². The van der Waals surface area contributed by atoms with E-state index in [1.165, 1.54) is 19.3 Å². The molecule has 0 N–H and O–H groups in total. The van der Waals surface area contributed by atoms with Crippen LogP contribution in [0.3, 0.4) is 0 Å². The van der Waals surface area contributed by atoms with Crippen LogP contribution >= 0.6 is 11.6 Å². The molecule has 0 aromatic rings. The highest BCUT2D eigenvalue weighted by molar-refractivity contribution is 6.17. The number of ether oxygens (including phenoxy) is 9. The summed E-state index contributed by atoms with van der Waals surface area (Å²) in [7, 11) is 0. The summed E-state index contributed by atoms with van der Waals surface area (Å²) in [6.45, 7) is 9.38. The predicted octanol–water partition coefficient (Wildman–Crippen LogP) is 3.45. The predicted molar refractivity (Wildman–Crippen MR) is 134 cm³/mol. The lowest BCUT2D eigenvalue weighted by atomic mass is 10.2. The lowest BCUT2D eigenvalue weighted by molar-refractivity contribution is -0.169. The Labute approximate surface area is 217 Å². The fourth-order valence-electron chi connectivity index (χ4n) is 3.15. The van der Waals surface area contributed by atoms with E-state index in [-0.39, 0.29) is 6.29 Å². The number of halogens is 1. The molecule has 1 fully saturated rings. The standard InChI is InChI=1S/C25H49ClO9/c26-8-4-1-2-5-9-27-11-12-28-13-14-29-15-16-30-17-18-31-19-20-32-21-22-33-23-24-35-25-7-3-6-10-34-25/h25H,1-24H2. The summed E-state index contributed by atoms with van der Waals surface area (Å²) in [4.78, 5) is 0. The van der Waals surface area contributed by atoms with Crippen molar-refractivity contribution in [2.75, 3.05) is 112 Å². The third-order valence-corrected chi connectivity index (χ3v) is 5.34. The Bertz CT molecular complexity index is 401. The summed E-state index contributed by atoms with van der Waals surface area (Å²) in [5.74, 6) is 0.749. The smallest absolute Gasteiger partial charge is 0.157 e. The van der Waals surface area contributed by atoms with Crippen molar-refractivity contribution in [1.82, 2.24) is 0 Å². The minimum atomic E-state index is -0.0561. The fraction of sp³-hybridized carbons (Fsp3) is 1.00. The van der Waals surface area contributed by atoms with Crippen molar-refractivity contribution < 1.29 is 42.6 Å². The first-order valence-electron chi connectivity index (χ1n) is 13.3. The van der Waals surface area contributed by atoms with Gasteiger partial charge < -0.3 is 42.6 Å². The van der Waals surface area contributed by atoms with Crippen LogP contribution in [0.1, 0.15) is 44.9 Å². The molecule has 9 nitrogen and oxygen atoms in total. The first kappa shape index (κ1) is 33.0. The molecular weight excluding hydrogens is 480 g/mol. The second-order valence-corrected chi connectivity index (χ2v) is 8.43. The monoisotopic (exact) mass is 528 g/mol. The van der Waals surface area contributed by atoms with Gasteiger partial charge in [0.05, 0.1) is 92.5 Å². The molecule has 1 saturated heterocycles. The Balaban J connectivity index is 1.61. The van der Waals surface area contributed by atoms with Gasteiger partial charge in [-0.1, -0.05) is 12.8 Å². The van der Waals surface area contributed by atoms with Crippen LogP contribution in [0.15, 0.2) is 0 Å². The Morgan fingerprint density at radius 2 is 0.914 bits per heavy atom. The Kier molecular flexibility index (Phi) is 26.8. The molecule has 0 radical (unpaired) electrons. The van der Waals surface area contributed by atoms with E-state index in [4.69, 9.17) is 54.2 Å². The van der Waals surface area contributed by atoms with E-state index < -0.39 is 0 Å². The maximum atomic E-state index is 5.64. The van der Waals surface area contributed by atoms with Gasteiger partial charge >= 0.3 is 0 Å². The molecule has 10 heteroatoms. The molecule has 0 aliphatic carbocycles. The van der Waals surface area contributed by atoms with Crippen molar-refractivity contribution in [3.63, 3.8) is 0 Å². The first-order chi connectivity index (χ1) is 17.4. The number of hydrogen-bond donors (Lipinski definition) is 0. The van der Waals surface area contributed by atoms with Crippen LogP contribution in [0.2, 0.25) is 0 Å². The SMILES string of the molecule is ClCCCCCCOCCOCCOCCOCCOCCOCCOCCOC1CCCCO1. The van der Waals surface area contributed by atoms with Gasteiger partial charge in [-0.15, -0.1) is 11.6 Å². The molecular formula is C25H49ClO9. The minimum absolute atomic E-state index is 0.0561. The summed E-state index contributed by atoms with van der Waals surface area (Å²) in [5.41, 5.74) is 0. The molecule has 0 aromatic carbocycles. The molecule has 35 heavy (non-hydrogen) atoms. The largest absolute Gasteiger partial charge is 0.379 e. The molecule has 0 amide bonds. The summed E-state index contributed by atoms with van der Waals surface area (Å²) < 4.78 is 49.4. The van der Waals surface area contributed by atoms with Crippen molar-refractivity contribution in [2.24, 2.45) is 0 Å². The Hall–Kier alpha value is -0.0700. The van der Waals surface area contributed by atoms with Crippen molar-refractivity contribution in [3.05, 3.63) is 0 Å². The first-order valence-corrected chi connectivity index (χ1v) is 13.8. The molecule has 1 aliphatic rings. The molecule has 1 heterocycles. The number of alkyl halides is 1. The van der Waals surface area contributed by atoms with E-state index in [1.54, 1.807) is 0 Å². The van der Waals surface area contributed by atoms with Gasteiger partial charge in [-0.2, -0.15) is 0 Å². The molecule has 1 aliphatic heterocycles. The highest BCUT2D eigenvalue weighted by Gasteiger charge is 2.13. The van der Waals surface area contributed by atoms with Crippen LogP contribution in [0.4, 0.5) is 0 Å². The second-order valence-electron chi connectivity index (χ2n) is 8.06. The highest BCUT2D eigenvalue weighted by Crippen LogP contribution is 2.13. The summed E-state index contributed by atoms with van der Waals surface area (Å²) in [6.07, 6.45) is 7.75. The molecule has 1 rings (SSSR count). The zero-order chi connectivity index (χ0) is 24.9. The van der Waals surface area contributed by atoms with E-state index in [2.05, 4.69) is 0 Å². The lowest BCUT2D eigenvalue weighted by Crippen LogP contribution is -2.24. The highest BCUT2D eigenvalue weighted by atomic mass is 35.5. The maximum absolute atomic E-state index is 5.64. The second kappa shape index (κ2) is 28.5. The average Bonchev–Trinajstić information content (AvgIpc) is 2.89. The van der Waals surface area contributed by atoms with Gasteiger partial charge in [0.25, 0.3) is 0 Å². The Morgan fingerprint density at radius 3 is 1.34 bits per heavy atom. The minimum Gasteiger partial charge on any atom is -0.379 e. The normalized spacial score (nSPS) is 16.2. The zero-order valence-corrected chi connectivity index (χ0v) is 22.4. The van der Waals surface area contributed by atoms with Gasteiger partial charge in [0, 0.05) is 19.1 Å². The van der Waals surface area contributed by atoms with Gasteiger partial charge in [-0.25, -0.2) is 0 Å². The number of unbranched alkanes of at least 4 members (excludes halogenated alkanes) is 3. The third kappa shape index (κ3) is 25.4. The zero-order valence-electron chi connectivity index (χ0n) is 21.6. The van der Waals surface area contributed by atoms with Crippen molar-refractivity contribution in [3.8, 4) is 0 Å². The van der Waals surface area contributed by atoms with Crippen LogP contribution in [-0.2, 0) is 42.6 Å². The van der Waals surface area contributed by atoms with Gasteiger partial charge in [0.15, 0.2) is 6.29 Å². The summed E-state index contributed by atoms with van der Waals surface area (Å²) in [5, 5.41) is 0. The van der Waals surface area contributed by atoms with Crippen LogP contribution < -0.4 is 0 Å². The third-order valence-electron chi connectivity index (χ3n) is 5.07. The van der Waals surface area contributed by atoms with E-state index >= 15 is 0 Å². The molecule has 0 spiro atoms. The van der Waals surface area contributed by atoms with Gasteiger partial charge in [0.2, 0.25) is 0 Å². The maximum Gasteiger partial charge on any atom is 0.157 e. The van der Waals surface area contributed by atoms with Gasteiger partial charge in [-0.05, 0) is 32.1 Å². The lowest BCUT2D eigenvalue weighted by Gasteiger charge is -2.22. The average molecular weight is 529 g/mol. The molecule has 0 saturated carbocycles. The number of rotatable bonds is 28. The van der Waals surface area contributed by atoms with E-state index in [0.29, 0.717) is 92.5 Å². The molecule has 0 aromatic heterocycles. The molecule has 1 unspecified atom stereocenters. The molecule has 0 bridgehead atoms. The topological polar surface area (TPSA) is 83.1 Å². The van der Waals surface area contributed by atoms with Crippen molar-refractivity contribution in [2.45, 2.75) is 51.2 Å². The van der Waals surface area contributed by atoms with Gasteiger partial charge in [0.1, 0.15) is 0 Å².